The Kier molecular flexibility index (Phi) is 2.48. The summed E-state index contributed by atoms with van der Waals surface area (Å²) in [6.45, 7) is 1.38. The van der Waals surface area contributed by atoms with Crippen molar-refractivity contribution in [2.24, 2.45) is 0 Å². The van der Waals surface area contributed by atoms with Crippen molar-refractivity contribution >= 4 is 23.4 Å². The topological polar surface area (TPSA) is 41.6 Å². The van der Waals surface area contributed by atoms with Gasteiger partial charge < -0.3 is 15.0 Å². The van der Waals surface area contributed by atoms with E-state index in [0.29, 0.717) is 17.4 Å². The summed E-state index contributed by atoms with van der Waals surface area (Å²) in [4.78, 5) is 15.6. The number of anilines is 1. The average Bonchev–Trinajstić information content (AvgIpc) is 2.87. The van der Waals surface area contributed by atoms with Crippen LogP contribution >= 0.6 is 11.8 Å². The Hall–Kier alpha value is -1.62. The van der Waals surface area contributed by atoms with Crippen LogP contribution in [0.15, 0.2) is 39.9 Å². The van der Waals surface area contributed by atoms with Gasteiger partial charge in [0.25, 0.3) is 5.91 Å². The van der Waals surface area contributed by atoms with Crippen LogP contribution in [0, 0.1) is 0 Å². The van der Waals surface area contributed by atoms with Crippen molar-refractivity contribution < 1.29 is 9.53 Å². The van der Waals surface area contributed by atoms with E-state index in [1.54, 1.807) is 11.9 Å². The molecule has 17 heavy (non-hydrogen) atoms. The zero-order valence-corrected chi connectivity index (χ0v) is 10.2. The second-order valence-corrected chi connectivity index (χ2v) is 4.92. The van der Waals surface area contributed by atoms with Crippen molar-refractivity contribution in [2.45, 2.75) is 4.90 Å². The van der Waals surface area contributed by atoms with Gasteiger partial charge in [0.1, 0.15) is 11.5 Å². The van der Waals surface area contributed by atoms with Crippen molar-refractivity contribution in [3.8, 4) is 0 Å². The number of carbonyl (C=O) groups excluding carboxylic acids is 1. The van der Waals surface area contributed by atoms with Crippen molar-refractivity contribution in [1.29, 1.82) is 0 Å². The summed E-state index contributed by atoms with van der Waals surface area (Å²) in [5.74, 6) is 0.597. The number of hydrogen-bond donors (Lipinski definition) is 1. The Morgan fingerprint density at radius 3 is 3.00 bits per heavy atom. The third-order valence-corrected chi connectivity index (χ3v) is 3.91. The lowest BCUT2D eigenvalue weighted by Crippen LogP contribution is -2.31. The van der Waals surface area contributed by atoms with Gasteiger partial charge >= 0.3 is 0 Å². The SMILES string of the molecule is CN1C(=O)/C(=C2/NCCO2)Sc2ccccc21. The molecule has 1 saturated heterocycles. The molecule has 0 bridgehead atoms. The number of carbonyl (C=O) groups is 1. The number of para-hydroxylation sites is 1. The minimum absolute atomic E-state index is 0.0156. The number of rotatable bonds is 0. The van der Waals surface area contributed by atoms with Crippen LogP contribution in [0.2, 0.25) is 0 Å². The number of amides is 1. The molecule has 0 aromatic heterocycles. The molecule has 1 aromatic carbocycles. The van der Waals surface area contributed by atoms with Crippen molar-refractivity contribution in [2.75, 3.05) is 25.1 Å². The second-order valence-electron chi connectivity index (χ2n) is 3.87. The highest BCUT2D eigenvalue weighted by atomic mass is 32.2. The number of benzene rings is 1. The summed E-state index contributed by atoms with van der Waals surface area (Å²) in [5.41, 5.74) is 0.949. The summed E-state index contributed by atoms with van der Waals surface area (Å²) in [6.07, 6.45) is 0. The molecule has 1 aromatic rings. The summed E-state index contributed by atoms with van der Waals surface area (Å²) in [6, 6.07) is 7.87. The summed E-state index contributed by atoms with van der Waals surface area (Å²) in [7, 11) is 1.79. The highest BCUT2D eigenvalue weighted by molar-refractivity contribution is 8.04. The molecular weight excluding hydrogens is 236 g/mol. The normalized spacial score (nSPS) is 23.1. The van der Waals surface area contributed by atoms with E-state index < -0.39 is 0 Å². The molecule has 0 radical (unpaired) electrons. The maximum Gasteiger partial charge on any atom is 0.270 e. The van der Waals surface area contributed by atoms with Gasteiger partial charge in [-0.15, -0.1) is 0 Å². The van der Waals surface area contributed by atoms with Crippen LogP contribution in [0.25, 0.3) is 0 Å². The van der Waals surface area contributed by atoms with Gasteiger partial charge in [-0.05, 0) is 12.1 Å². The number of nitrogens with zero attached hydrogens (tertiary/aromatic N) is 1. The molecule has 4 nitrogen and oxygen atoms in total. The number of fused-ring (bicyclic) bond motifs is 1. The van der Waals surface area contributed by atoms with Crippen molar-refractivity contribution in [3.05, 3.63) is 35.1 Å². The van der Waals surface area contributed by atoms with Crippen molar-refractivity contribution in [3.63, 3.8) is 0 Å². The van der Waals surface area contributed by atoms with Crippen LogP contribution in [-0.2, 0) is 9.53 Å². The first-order valence-electron chi connectivity index (χ1n) is 5.43. The van der Waals surface area contributed by atoms with Gasteiger partial charge in [0.2, 0.25) is 5.88 Å². The van der Waals surface area contributed by atoms with E-state index in [0.717, 1.165) is 17.1 Å². The maximum absolute atomic E-state index is 12.2. The van der Waals surface area contributed by atoms with Gasteiger partial charge in [0, 0.05) is 11.9 Å². The van der Waals surface area contributed by atoms with E-state index in [1.165, 1.54) is 11.8 Å². The fraction of sp³-hybridized carbons (Fsp3) is 0.250. The van der Waals surface area contributed by atoms with E-state index in [-0.39, 0.29) is 5.91 Å². The van der Waals surface area contributed by atoms with Crippen molar-refractivity contribution in [1.82, 2.24) is 5.32 Å². The van der Waals surface area contributed by atoms with Crippen LogP contribution in [-0.4, -0.2) is 26.1 Å². The Bertz CT molecular complexity index is 505. The number of nitrogens with one attached hydrogen (secondary N) is 1. The average molecular weight is 248 g/mol. The molecule has 2 aliphatic rings. The Labute approximate surface area is 104 Å². The molecule has 2 aliphatic heterocycles. The number of ether oxygens (including phenoxy) is 1. The molecule has 5 heteroatoms. The van der Waals surface area contributed by atoms with Crippen LogP contribution in [0.1, 0.15) is 0 Å². The quantitative estimate of drug-likeness (QED) is 0.707. The standard InChI is InChI=1S/C12H12N2O2S/c1-14-8-4-2-3-5-9(8)17-10(12(14)15)11-13-6-7-16-11/h2-5,13H,6-7H2,1H3/b11-10+. The second kappa shape index (κ2) is 4.00. The molecule has 3 rings (SSSR count). The lowest BCUT2D eigenvalue weighted by Gasteiger charge is -2.27. The smallest absolute Gasteiger partial charge is 0.270 e. The lowest BCUT2D eigenvalue weighted by molar-refractivity contribution is -0.114. The van der Waals surface area contributed by atoms with Gasteiger partial charge in [-0.3, -0.25) is 4.79 Å². The summed E-state index contributed by atoms with van der Waals surface area (Å²) < 4.78 is 5.43. The van der Waals surface area contributed by atoms with Crippen LogP contribution in [0.3, 0.4) is 0 Å². The monoisotopic (exact) mass is 248 g/mol. The van der Waals surface area contributed by atoms with E-state index in [1.807, 2.05) is 24.3 Å². The molecule has 0 saturated carbocycles. The Balaban J connectivity index is 2.07. The number of hydrogen-bond acceptors (Lipinski definition) is 4. The largest absolute Gasteiger partial charge is 0.476 e. The Morgan fingerprint density at radius 1 is 1.41 bits per heavy atom. The fourth-order valence-electron chi connectivity index (χ4n) is 1.89. The van der Waals surface area contributed by atoms with Crippen LogP contribution in [0.5, 0.6) is 0 Å². The highest BCUT2D eigenvalue weighted by Gasteiger charge is 2.30. The van der Waals surface area contributed by atoms with Crippen LogP contribution < -0.4 is 10.2 Å². The van der Waals surface area contributed by atoms with E-state index >= 15 is 0 Å². The number of likely N-dealkylation sites (N-methyl/N-ethyl adjacent to an activating group) is 1. The highest BCUT2D eigenvalue weighted by Crippen LogP contribution is 2.41. The third kappa shape index (κ3) is 1.67. The first-order chi connectivity index (χ1) is 8.27. The zero-order valence-electron chi connectivity index (χ0n) is 9.40. The first-order valence-corrected chi connectivity index (χ1v) is 6.25. The zero-order chi connectivity index (χ0) is 11.8. The first kappa shape index (κ1) is 10.5. The van der Waals surface area contributed by atoms with E-state index in [2.05, 4.69) is 5.32 Å². The predicted molar refractivity (Wildman–Crippen MR) is 66.7 cm³/mol. The molecule has 2 heterocycles. The van der Waals surface area contributed by atoms with Crippen LogP contribution in [0.4, 0.5) is 5.69 Å². The molecule has 1 amide bonds. The molecule has 0 spiro atoms. The summed E-state index contributed by atoms with van der Waals surface area (Å²) >= 11 is 1.47. The van der Waals surface area contributed by atoms with E-state index in [4.69, 9.17) is 4.74 Å². The van der Waals surface area contributed by atoms with Gasteiger partial charge in [-0.25, -0.2) is 0 Å². The maximum atomic E-state index is 12.2. The number of thioether (sulfide) groups is 1. The van der Waals surface area contributed by atoms with E-state index in [9.17, 15) is 4.79 Å². The molecule has 0 unspecified atom stereocenters. The lowest BCUT2D eigenvalue weighted by atomic mass is 10.3. The third-order valence-electron chi connectivity index (χ3n) is 2.78. The molecular formula is C12H12N2O2S. The summed E-state index contributed by atoms with van der Waals surface area (Å²) in [5, 5.41) is 3.10. The minimum atomic E-state index is -0.0156. The van der Waals surface area contributed by atoms with Gasteiger partial charge in [0.05, 0.1) is 12.2 Å². The molecule has 1 fully saturated rings. The fourth-order valence-corrected chi connectivity index (χ4v) is 3.02. The predicted octanol–water partition coefficient (Wildman–Crippen LogP) is 1.54. The Morgan fingerprint density at radius 2 is 2.24 bits per heavy atom. The van der Waals surface area contributed by atoms with Gasteiger partial charge in [-0.1, -0.05) is 23.9 Å². The van der Waals surface area contributed by atoms with Gasteiger partial charge in [-0.2, -0.15) is 0 Å². The molecule has 0 atom stereocenters. The molecule has 0 aliphatic carbocycles. The molecule has 88 valence electrons. The minimum Gasteiger partial charge on any atom is -0.476 e. The van der Waals surface area contributed by atoms with Gasteiger partial charge in [0.15, 0.2) is 0 Å². The molecule has 1 N–H and O–H groups in total.